The topological polar surface area (TPSA) is 131 Å². The molecule has 0 aliphatic carbocycles. The lowest BCUT2D eigenvalue weighted by Gasteiger charge is -2.33. The summed E-state index contributed by atoms with van der Waals surface area (Å²) in [5, 5.41) is 9.06. The second-order valence-corrected chi connectivity index (χ2v) is 8.39. The first-order valence-electron chi connectivity index (χ1n) is 11.4. The zero-order valence-corrected chi connectivity index (χ0v) is 20.4. The van der Waals surface area contributed by atoms with Gasteiger partial charge in [0, 0.05) is 44.7 Å². The molecule has 2 atom stereocenters. The van der Waals surface area contributed by atoms with Crippen molar-refractivity contribution in [3.05, 3.63) is 30.1 Å². The highest BCUT2D eigenvalue weighted by atomic mass is 19.1. The Labute approximate surface area is 203 Å². The minimum Gasteiger partial charge on any atom is -0.469 e. The van der Waals surface area contributed by atoms with E-state index < -0.39 is 18.2 Å². The molecular formula is C23H32FN7O4. The van der Waals surface area contributed by atoms with Crippen LogP contribution in [0, 0.1) is 0 Å². The quantitative estimate of drug-likeness (QED) is 0.427. The number of alkyl halides is 1. The van der Waals surface area contributed by atoms with Crippen molar-refractivity contribution in [3.8, 4) is 0 Å². The Kier molecular flexibility index (Phi) is 9.12. The van der Waals surface area contributed by atoms with Crippen molar-refractivity contribution in [3.63, 3.8) is 0 Å². The third-order valence-electron chi connectivity index (χ3n) is 5.40. The summed E-state index contributed by atoms with van der Waals surface area (Å²) in [6.45, 7) is 4.80. The van der Waals surface area contributed by atoms with E-state index in [0.717, 1.165) is 0 Å². The molecule has 1 aliphatic heterocycles. The molecule has 190 valence electrons. The lowest BCUT2D eigenvalue weighted by molar-refractivity contribution is -0.140. The van der Waals surface area contributed by atoms with Crippen LogP contribution in [0.1, 0.15) is 37.0 Å². The van der Waals surface area contributed by atoms with Gasteiger partial charge >= 0.3 is 5.97 Å². The Balaban J connectivity index is 1.72. The summed E-state index contributed by atoms with van der Waals surface area (Å²) in [4.78, 5) is 38.8. The SMILES string of the molecule is COC(=O)CCNC(=O)c1cnc(Nc2ccnc(N3CC[C@H](OC)[C@H](F)C3)n2)cc1NC(C)C. The minimum absolute atomic E-state index is 0.0567. The second-order valence-electron chi connectivity index (χ2n) is 8.39. The molecule has 0 radical (unpaired) electrons. The number of hydrogen-bond donors (Lipinski definition) is 3. The van der Waals surface area contributed by atoms with Crippen molar-refractivity contribution in [2.24, 2.45) is 0 Å². The van der Waals surface area contributed by atoms with E-state index in [9.17, 15) is 14.0 Å². The van der Waals surface area contributed by atoms with E-state index in [1.54, 1.807) is 23.2 Å². The summed E-state index contributed by atoms with van der Waals surface area (Å²) in [5.74, 6) is 0.593. The monoisotopic (exact) mass is 489 g/mol. The zero-order valence-electron chi connectivity index (χ0n) is 20.4. The van der Waals surface area contributed by atoms with E-state index in [1.165, 1.54) is 20.4 Å². The third kappa shape index (κ3) is 7.22. The van der Waals surface area contributed by atoms with Gasteiger partial charge in [-0.25, -0.2) is 14.4 Å². The predicted molar refractivity (Wildman–Crippen MR) is 130 cm³/mol. The number of ether oxygens (including phenoxy) is 2. The summed E-state index contributed by atoms with van der Waals surface area (Å²) in [7, 11) is 2.81. The molecule has 0 unspecified atom stereocenters. The molecule has 1 aliphatic rings. The number of amides is 1. The largest absolute Gasteiger partial charge is 0.469 e. The number of halogens is 1. The fourth-order valence-electron chi connectivity index (χ4n) is 3.64. The Morgan fingerprint density at radius 3 is 2.74 bits per heavy atom. The molecule has 2 aromatic heterocycles. The van der Waals surface area contributed by atoms with E-state index in [-0.39, 0.29) is 31.5 Å². The molecule has 3 rings (SSSR count). The number of rotatable bonds is 10. The summed E-state index contributed by atoms with van der Waals surface area (Å²) < 4.78 is 24.1. The second kappa shape index (κ2) is 12.2. The predicted octanol–water partition coefficient (Wildman–Crippen LogP) is 2.29. The van der Waals surface area contributed by atoms with Crippen LogP contribution < -0.4 is 20.9 Å². The van der Waals surface area contributed by atoms with Crippen LogP contribution in [0.4, 0.5) is 27.7 Å². The van der Waals surface area contributed by atoms with Gasteiger partial charge in [-0.2, -0.15) is 4.98 Å². The highest BCUT2D eigenvalue weighted by Gasteiger charge is 2.30. The maximum absolute atomic E-state index is 14.3. The van der Waals surface area contributed by atoms with Crippen LogP contribution in [0.15, 0.2) is 24.5 Å². The lowest BCUT2D eigenvalue weighted by atomic mass is 10.1. The molecule has 1 saturated heterocycles. The van der Waals surface area contributed by atoms with Gasteiger partial charge in [-0.15, -0.1) is 0 Å². The van der Waals surface area contributed by atoms with E-state index in [2.05, 4.69) is 35.6 Å². The zero-order chi connectivity index (χ0) is 25.4. The maximum atomic E-state index is 14.3. The van der Waals surface area contributed by atoms with Gasteiger partial charge in [0.15, 0.2) is 0 Å². The molecule has 0 aromatic carbocycles. The molecule has 0 saturated carbocycles. The smallest absolute Gasteiger partial charge is 0.307 e. The molecular weight excluding hydrogens is 457 g/mol. The third-order valence-corrected chi connectivity index (χ3v) is 5.40. The average molecular weight is 490 g/mol. The number of esters is 1. The van der Waals surface area contributed by atoms with Gasteiger partial charge in [0.25, 0.3) is 5.91 Å². The summed E-state index contributed by atoms with van der Waals surface area (Å²) in [5.41, 5.74) is 0.914. The van der Waals surface area contributed by atoms with Crippen molar-refractivity contribution >= 4 is 35.1 Å². The van der Waals surface area contributed by atoms with Crippen molar-refractivity contribution in [1.29, 1.82) is 0 Å². The van der Waals surface area contributed by atoms with Crippen LogP contribution >= 0.6 is 0 Å². The standard InChI is InChI=1S/C23H32FN7O4/c1-14(2)28-17-11-20(27-12-15(17)22(33)25-9-6-21(32)35-4)29-19-5-8-26-23(30-19)31-10-7-18(34-3)16(24)13-31/h5,8,11-12,14,16,18H,6-7,9-10,13H2,1-4H3,(H,25,33)(H2,26,27,28,29,30)/t16-,18+/m1/s1. The number of anilines is 4. The van der Waals surface area contributed by atoms with Crippen molar-refractivity contribution < 1.29 is 23.5 Å². The number of piperidine rings is 1. The number of aromatic nitrogens is 3. The highest BCUT2D eigenvalue weighted by Crippen LogP contribution is 2.24. The summed E-state index contributed by atoms with van der Waals surface area (Å²) >= 11 is 0. The average Bonchev–Trinajstić information content (AvgIpc) is 2.83. The van der Waals surface area contributed by atoms with E-state index >= 15 is 0 Å². The minimum atomic E-state index is -1.12. The van der Waals surface area contributed by atoms with Crippen molar-refractivity contribution in [1.82, 2.24) is 20.3 Å². The normalized spacial score (nSPS) is 17.7. The van der Waals surface area contributed by atoms with Gasteiger partial charge in [0.1, 0.15) is 17.8 Å². The number of pyridine rings is 1. The van der Waals surface area contributed by atoms with Crippen molar-refractivity contribution in [2.75, 3.05) is 49.4 Å². The van der Waals surface area contributed by atoms with Crippen LogP contribution in [0.5, 0.6) is 0 Å². The number of carbonyl (C=O) groups is 2. The first-order chi connectivity index (χ1) is 16.8. The van der Waals surface area contributed by atoms with Crippen LogP contribution in [0.2, 0.25) is 0 Å². The van der Waals surface area contributed by atoms with Crippen molar-refractivity contribution in [2.45, 2.75) is 45.0 Å². The molecule has 0 bridgehead atoms. The van der Waals surface area contributed by atoms with Gasteiger partial charge in [0.2, 0.25) is 5.95 Å². The Bertz CT molecular complexity index is 1020. The number of methoxy groups -OCH3 is 2. The Hall–Kier alpha value is -3.54. The first-order valence-corrected chi connectivity index (χ1v) is 11.4. The molecule has 1 amide bonds. The van der Waals surface area contributed by atoms with Gasteiger partial charge in [-0.3, -0.25) is 9.59 Å². The van der Waals surface area contributed by atoms with Gasteiger partial charge in [-0.1, -0.05) is 0 Å². The number of nitrogens with zero attached hydrogens (tertiary/aromatic N) is 4. The molecule has 3 heterocycles. The summed E-state index contributed by atoms with van der Waals surface area (Å²) in [6, 6.07) is 3.45. The lowest BCUT2D eigenvalue weighted by Crippen LogP contribution is -2.46. The van der Waals surface area contributed by atoms with Gasteiger partial charge in [-0.05, 0) is 26.3 Å². The fourth-order valence-corrected chi connectivity index (χ4v) is 3.64. The highest BCUT2D eigenvalue weighted by molar-refractivity contribution is 6.00. The number of nitrogens with one attached hydrogen (secondary N) is 3. The molecule has 35 heavy (non-hydrogen) atoms. The molecule has 12 heteroatoms. The fraction of sp³-hybridized carbons (Fsp3) is 0.522. The first kappa shape index (κ1) is 26.1. The molecule has 11 nitrogen and oxygen atoms in total. The van der Waals surface area contributed by atoms with Gasteiger partial charge < -0.3 is 30.3 Å². The summed E-state index contributed by atoms with van der Waals surface area (Å²) in [6.07, 6.45) is 2.13. The maximum Gasteiger partial charge on any atom is 0.307 e. The van der Waals surface area contributed by atoms with Crippen LogP contribution in [0.25, 0.3) is 0 Å². The van der Waals surface area contributed by atoms with E-state index in [1.807, 2.05) is 13.8 Å². The molecule has 2 aromatic rings. The Morgan fingerprint density at radius 1 is 1.26 bits per heavy atom. The number of hydrogen-bond acceptors (Lipinski definition) is 10. The van der Waals surface area contributed by atoms with Crippen LogP contribution in [-0.4, -0.2) is 79.0 Å². The molecule has 3 N–H and O–H groups in total. The van der Waals surface area contributed by atoms with E-state index in [0.29, 0.717) is 41.8 Å². The Morgan fingerprint density at radius 2 is 2.06 bits per heavy atom. The van der Waals surface area contributed by atoms with Crippen LogP contribution in [0.3, 0.4) is 0 Å². The number of carbonyl (C=O) groups excluding carboxylic acids is 2. The molecule has 1 fully saturated rings. The van der Waals surface area contributed by atoms with Crippen LogP contribution in [-0.2, 0) is 14.3 Å². The van der Waals surface area contributed by atoms with E-state index in [4.69, 9.17) is 4.74 Å². The van der Waals surface area contributed by atoms with Gasteiger partial charge in [0.05, 0.1) is 37.4 Å². The molecule has 0 spiro atoms.